The van der Waals surface area contributed by atoms with Crippen molar-refractivity contribution in [3.05, 3.63) is 47.9 Å². The molecule has 4 rings (SSSR count). The first-order valence-corrected chi connectivity index (χ1v) is 10.5. The van der Waals surface area contributed by atoms with Crippen LogP contribution in [-0.2, 0) is 4.79 Å². The summed E-state index contributed by atoms with van der Waals surface area (Å²) in [6.07, 6.45) is -0.329. The number of amides is 2. The minimum absolute atomic E-state index is 0.0394. The zero-order valence-corrected chi connectivity index (χ0v) is 18.2. The summed E-state index contributed by atoms with van der Waals surface area (Å²) in [5.41, 5.74) is 0.656. The number of hydrogen-bond donors (Lipinski definition) is 1. The number of nitrogens with zero attached hydrogens (tertiary/aromatic N) is 4. The molecule has 2 aliphatic rings. The predicted octanol–water partition coefficient (Wildman–Crippen LogP) is 1.56. The number of piperazine rings is 1. The van der Waals surface area contributed by atoms with Crippen LogP contribution >= 0.6 is 0 Å². The van der Waals surface area contributed by atoms with Gasteiger partial charge in [0.15, 0.2) is 11.5 Å². The molecule has 0 saturated carbocycles. The van der Waals surface area contributed by atoms with Gasteiger partial charge in [0.25, 0.3) is 5.91 Å². The number of benzene rings is 1. The standard InChI is InChI=1S/C22H22F2N4O6/c1-14(29)12-32-19-11-16(25-13-26-19)21(31)28-8-6-27(7-9-28)20(30)5-3-15-2-4-17-18(10-15)34-22(23,24)33-17/h2-5,10-11,13-14,29H,6-9,12H2,1H3/b5-3+. The fraction of sp³-hybridized carbons (Fsp3) is 0.364. The highest BCUT2D eigenvalue weighted by Gasteiger charge is 2.43. The first kappa shape index (κ1) is 23.4. The molecule has 0 spiro atoms. The average molecular weight is 476 g/mol. The van der Waals surface area contributed by atoms with Crippen LogP contribution in [0.2, 0.25) is 0 Å². The van der Waals surface area contributed by atoms with Crippen LogP contribution in [0.3, 0.4) is 0 Å². The molecule has 12 heteroatoms. The van der Waals surface area contributed by atoms with Gasteiger partial charge in [-0.05, 0) is 30.7 Å². The summed E-state index contributed by atoms with van der Waals surface area (Å²) in [7, 11) is 0. The SMILES string of the molecule is CC(O)COc1cc(C(=O)N2CCN(C(=O)/C=C/c3ccc4c(c3)OC(F)(F)O4)CC2)ncn1. The van der Waals surface area contributed by atoms with Crippen molar-refractivity contribution < 1.29 is 37.7 Å². The lowest BCUT2D eigenvalue weighted by Gasteiger charge is -2.34. The van der Waals surface area contributed by atoms with Crippen LogP contribution < -0.4 is 14.2 Å². The Labute approximate surface area is 193 Å². The Kier molecular flexibility index (Phi) is 6.59. The van der Waals surface area contributed by atoms with E-state index in [2.05, 4.69) is 19.4 Å². The topological polar surface area (TPSA) is 114 Å². The van der Waals surface area contributed by atoms with Gasteiger partial charge in [-0.3, -0.25) is 9.59 Å². The van der Waals surface area contributed by atoms with Gasteiger partial charge in [0.1, 0.15) is 18.6 Å². The minimum atomic E-state index is -3.70. The highest BCUT2D eigenvalue weighted by Crippen LogP contribution is 2.41. The second-order valence-electron chi connectivity index (χ2n) is 7.73. The summed E-state index contributed by atoms with van der Waals surface area (Å²) >= 11 is 0. The molecule has 0 bridgehead atoms. The van der Waals surface area contributed by atoms with Gasteiger partial charge in [0, 0.05) is 38.3 Å². The summed E-state index contributed by atoms with van der Waals surface area (Å²) in [4.78, 5) is 36.3. The van der Waals surface area contributed by atoms with E-state index in [-0.39, 0.29) is 41.5 Å². The highest BCUT2D eigenvalue weighted by atomic mass is 19.3. The number of aliphatic hydroxyl groups excluding tert-OH is 1. The van der Waals surface area contributed by atoms with Gasteiger partial charge in [-0.1, -0.05) is 6.07 Å². The number of carbonyl (C=O) groups is 2. The predicted molar refractivity (Wildman–Crippen MR) is 113 cm³/mol. The van der Waals surface area contributed by atoms with Gasteiger partial charge in [-0.2, -0.15) is 0 Å². The summed E-state index contributed by atoms with van der Waals surface area (Å²) in [6, 6.07) is 5.65. The second kappa shape index (κ2) is 9.59. The molecule has 0 radical (unpaired) electrons. The molecule has 1 aromatic carbocycles. The lowest BCUT2D eigenvalue weighted by atomic mass is 10.2. The molecule has 2 aromatic rings. The smallest absolute Gasteiger partial charge is 0.475 e. The van der Waals surface area contributed by atoms with Crippen LogP contribution in [0.1, 0.15) is 23.0 Å². The lowest BCUT2D eigenvalue weighted by Crippen LogP contribution is -2.50. The van der Waals surface area contributed by atoms with Crippen LogP contribution in [0.5, 0.6) is 17.4 Å². The summed E-state index contributed by atoms with van der Waals surface area (Å²) in [5.74, 6) is -0.573. The summed E-state index contributed by atoms with van der Waals surface area (Å²) < 4.78 is 40.3. The van der Waals surface area contributed by atoms with Crippen molar-refractivity contribution in [1.82, 2.24) is 19.8 Å². The van der Waals surface area contributed by atoms with Crippen molar-refractivity contribution in [2.24, 2.45) is 0 Å². The quantitative estimate of drug-likeness (QED) is 0.625. The monoisotopic (exact) mass is 476 g/mol. The fourth-order valence-corrected chi connectivity index (χ4v) is 3.38. The van der Waals surface area contributed by atoms with Gasteiger partial charge in [0.2, 0.25) is 11.8 Å². The van der Waals surface area contributed by atoms with Crippen molar-refractivity contribution in [3.8, 4) is 17.4 Å². The van der Waals surface area contributed by atoms with E-state index in [0.717, 1.165) is 0 Å². The van der Waals surface area contributed by atoms with Crippen molar-refractivity contribution in [1.29, 1.82) is 0 Å². The third kappa shape index (κ3) is 5.57. The van der Waals surface area contributed by atoms with E-state index in [1.54, 1.807) is 16.7 Å². The molecule has 10 nitrogen and oxygen atoms in total. The van der Waals surface area contributed by atoms with Crippen molar-refractivity contribution in [2.45, 2.75) is 19.3 Å². The number of fused-ring (bicyclic) bond motifs is 1. The molecule has 2 aliphatic heterocycles. The Balaban J connectivity index is 1.30. The zero-order chi connectivity index (χ0) is 24.3. The van der Waals surface area contributed by atoms with Gasteiger partial charge in [-0.15, -0.1) is 8.78 Å². The molecule has 1 fully saturated rings. The van der Waals surface area contributed by atoms with E-state index >= 15 is 0 Å². The van der Waals surface area contributed by atoms with E-state index in [0.29, 0.717) is 31.7 Å². The van der Waals surface area contributed by atoms with Crippen molar-refractivity contribution in [3.63, 3.8) is 0 Å². The lowest BCUT2D eigenvalue weighted by molar-refractivity contribution is -0.286. The second-order valence-corrected chi connectivity index (χ2v) is 7.73. The first-order valence-electron chi connectivity index (χ1n) is 10.5. The molecule has 1 saturated heterocycles. The molecule has 34 heavy (non-hydrogen) atoms. The van der Waals surface area contributed by atoms with Crippen LogP contribution in [0, 0.1) is 0 Å². The van der Waals surface area contributed by atoms with Gasteiger partial charge < -0.3 is 29.1 Å². The summed E-state index contributed by atoms with van der Waals surface area (Å²) in [6.45, 7) is 2.87. The number of alkyl halides is 2. The van der Waals surface area contributed by atoms with Gasteiger partial charge in [-0.25, -0.2) is 9.97 Å². The van der Waals surface area contributed by atoms with Crippen LogP contribution in [0.4, 0.5) is 8.78 Å². The highest BCUT2D eigenvalue weighted by molar-refractivity contribution is 5.94. The van der Waals surface area contributed by atoms with E-state index in [9.17, 15) is 23.5 Å². The zero-order valence-electron chi connectivity index (χ0n) is 18.2. The normalized spacial score (nSPS) is 17.6. The van der Waals surface area contributed by atoms with Crippen LogP contribution in [0.25, 0.3) is 6.08 Å². The van der Waals surface area contributed by atoms with Crippen LogP contribution in [0.15, 0.2) is 36.7 Å². The molecule has 1 aromatic heterocycles. The molecule has 0 aliphatic carbocycles. The molecule has 1 unspecified atom stereocenters. The van der Waals surface area contributed by atoms with Crippen LogP contribution in [-0.4, -0.2) is 81.9 Å². The Morgan fingerprint density at radius 1 is 1.15 bits per heavy atom. The number of hydrogen-bond acceptors (Lipinski definition) is 8. The first-order chi connectivity index (χ1) is 16.2. The number of aliphatic hydroxyl groups is 1. The summed E-state index contributed by atoms with van der Waals surface area (Å²) in [5, 5.41) is 9.31. The largest absolute Gasteiger partial charge is 0.586 e. The molecule has 180 valence electrons. The Bertz CT molecular complexity index is 1100. The maximum atomic E-state index is 13.1. The van der Waals surface area contributed by atoms with Crippen molar-refractivity contribution in [2.75, 3.05) is 32.8 Å². The number of ether oxygens (including phenoxy) is 3. The molecule has 1 N–H and O–H groups in total. The van der Waals surface area contributed by atoms with E-state index in [1.165, 1.54) is 42.7 Å². The molecule has 1 atom stereocenters. The number of rotatable bonds is 6. The van der Waals surface area contributed by atoms with E-state index in [1.807, 2.05) is 0 Å². The van der Waals surface area contributed by atoms with Crippen molar-refractivity contribution >= 4 is 17.9 Å². The third-order valence-corrected chi connectivity index (χ3v) is 5.06. The Morgan fingerprint density at radius 3 is 2.59 bits per heavy atom. The minimum Gasteiger partial charge on any atom is -0.475 e. The molecular formula is C22H22F2N4O6. The van der Waals surface area contributed by atoms with Gasteiger partial charge >= 0.3 is 6.29 Å². The maximum Gasteiger partial charge on any atom is 0.586 e. The fourth-order valence-electron chi connectivity index (χ4n) is 3.38. The Morgan fingerprint density at radius 2 is 1.85 bits per heavy atom. The average Bonchev–Trinajstić information content (AvgIpc) is 3.14. The number of aromatic nitrogens is 2. The number of halogens is 2. The number of carbonyl (C=O) groups excluding carboxylic acids is 2. The Hall–Kier alpha value is -3.80. The van der Waals surface area contributed by atoms with E-state index in [4.69, 9.17) is 4.74 Å². The van der Waals surface area contributed by atoms with Gasteiger partial charge in [0.05, 0.1) is 6.10 Å². The molecular weight excluding hydrogens is 454 g/mol. The maximum absolute atomic E-state index is 13.1. The molecule has 3 heterocycles. The third-order valence-electron chi connectivity index (χ3n) is 5.06. The van der Waals surface area contributed by atoms with E-state index < -0.39 is 12.4 Å². The molecule has 2 amide bonds.